The van der Waals surface area contributed by atoms with E-state index in [0.29, 0.717) is 17.1 Å². The Morgan fingerprint density at radius 3 is 2.76 bits per heavy atom. The lowest BCUT2D eigenvalue weighted by molar-refractivity contribution is 0.102. The van der Waals surface area contributed by atoms with Gasteiger partial charge in [0.2, 0.25) is 0 Å². The molecule has 0 fully saturated rings. The molecule has 2 aromatic rings. The van der Waals surface area contributed by atoms with E-state index in [9.17, 15) is 4.79 Å². The molecule has 0 aliphatic carbocycles. The van der Waals surface area contributed by atoms with Crippen LogP contribution in [0.4, 0.5) is 11.5 Å². The van der Waals surface area contributed by atoms with E-state index in [-0.39, 0.29) is 5.91 Å². The van der Waals surface area contributed by atoms with Crippen LogP contribution in [0.5, 0.6) is 0 Å². The molecule has 1 aromatic heterocycles. The lowest BCUT2D eigenvalue weighted by Crippen LogP contribution is -2.17. The number of carbonyl (C=O) groups is 1. The third-order valence-electron chi connectivity index (χ3n) is 2.59. The summed E-state index contributed by atoms with van der Waals surface area (Å²) in [7, 11) is 1.76. The van der Waals surface area contributed by atoms with E-state index in [0.717, 1.165) is 5.56 Å². The largest absolute Gasteiger partial charge is 0.398 e. The highest BCUT2D eigenvalue weighted by molar-refractivity contribution is 6.08. The van der Waals surface area contributed by atoms with E-state index in [1.54, 1.807) is 30.1 Å². The summed E-state index contributed by atoms with van der Waals surface area (Å²) in [6.45, 7) is 1.86. The minimum atomic E-state index is -0.218. The molecule has 2 rings (SSSR count). The van der Waals surface area contributed by atoms with Crippen LogP contribution in [-0.4, -0.2) is 15.7 Å². The number of benzene rings is 1. The van der Waals surface area contributed by atoms with E-state index < -0.39 is 0 Å². The fourth-order valence-electron chi connectivity index (χ4n) is 1.68. The number of nitrogen functional groups attached to an aromatic ring is 1. The number of nitrogens with two attached hydrogens (primary N) is 1. The second-order valence-electron chi connectivity index (χ2n) is 3.83. The molecule has 0 atom stereocenters. The molecule has 1 heterocycles. The zero-order valence-electron chi connectivity index (χ0n) is 9.77. The van der Waals surface area contributed by atoms with Gasteiger partial charge in [-0.2, -0.15) is 5.10 Å². The molecule has 1 amide bonds. The molecule has 0 aliphatic rings. The number of hydrogen-bond donors (Lipinski definition) is 2. The Kier molecular flexibility index (Phi) is 2.82. The summed E-state index contributed by atoms with van der Waals surface area (Å²) < 4.78 is 1.59. The smallest absolute Gasteiger partial charge is 0.259 e. The lowest BCUT2D eigenvalue weighted by atomic mass is 10.1. The Balaban J connectivity index is 2.30. The van der Waals surface area contributed by atoms with Crippen LogP contribution in [0.15, 0.2) is 30.5 Å². The van der Waals surface area contributed by atoms with Crippen LogP contribution in [0.2, 0.25) is 0 Å². The van der Waals surface area contributed by atoms with Gasteiger partial charge >= 0.3 is 0 Å². The zero-order valence-corrected chi connectivity index (χ0v) is 9.77. The van der Waals surface area contributed by atoms with Crippen LogP contribution in [-0.2, 0) is 7.05 Å². The number of nitrogens with zero attached hydrogens (tertiary/aromatic N) is 2. The van der Waals surface area contributed by atoms with Gasteiger partial charge in [-0.1, -0.05) is 12.1 Å². The number of carbonyl (C=O) groups excluding carboxylic acids is 1. The van der Waals surface area contributed by atoms with Crippen molar-refractivity contribution in [1.29, 1.82) is 0 Å². The molecule has 5 heteroatoms. The number of aromatic nitrogens is 2. The van der Waals surface area contributed by atoms with Crippen LogP contribution >= 0.6 is 0 Å². The van der Waals surface area contributed by atoms with Gasteiger partial charge in [-0.25, -0.2) is 0 Å². The molecular formula is C12H14N4O. The molecule has 0 unspecified atom stereocenters. The highest BCUT2D eigenvalue weighted by Crippen LogP contribution is 2.17. The predicted octanol–water partition coefficient (Wildman–Crippen LogP) is 1.56. The second-order valence-corrected chi connectivity index (χ2v) is 3.83. The van der Waals surface area contributed by atoms with Crippen molar-refractivity contribution in [2.45, 2.75) is 6.92 Å². The Hall–Kier alpha value is -2.30. The average Bonchev–Trinajstić information content (AvgIpc) is 2.64. The first-order valence-electron chi connectivity index (χ1n) is 5.24. The Bertz CT molecular complexity index is 539. The van der Waals surface area contributed by atoms with Gasteiger partial charge in [-0.05, 0) is 18.6 Å². The fraction of sp³-hybridized carbons (Fsp3) is 0.167. The fourth-order valence-corrected chi connectivity index (χ4v) is 1.68. The quantitative estimate of drug-likeness (QED) is 0.769. The predicted molar refractivity (Wildman–Crippen MR) is 66.8 cm³/mol. The van der Waals surface area contributed by atoms with Gasteiger partial charge in [-0.15, -0.1) is 0 Å². The van der Waals surface area contributed by atoms with E-state index >= 15 is 0 Å². The number of amides is 1. The van der Waals surface area contributed by atoms with Crippen LogP contribution in [0.1, 0.15) is 15.9 Å². The summed E-state index contributed by atoms with van der Waals surface area (Å²) >= 11 is 0. The third kappa shape index (κ3) is 2.13. The standard InChI is InChI=1S/C12H14N4O/c1-8-4-3-5-9(13)11(8)12(17)15-10-6-7-14-16(10)2/h3-7H,13H2,1-2H3,(H,15,17). The van der Waals surface area contributed by atoms with Gasteiger partial charge in [0.1, 0.15) is 5.82 Å². The molecule has 0 aliphatic heterocycles. The molecule has 3 N–H and O–H groups in total. The SMILES string of the molecule is Cc1cccc(N)c1C(=O)Nc1ccnn1C. The van der Waals surface area contributed by atoms with Crippen molar-refractivity contribution in [3.8, 4) is 0 Å². The maximum absolute atomic E-state index is 12.1. The normalized spacial score (nSPS) is 10.2. The summed E-state index contributed by atoms with van der Waals surface area (Å²) in [4.78, 5) is 12.1. The Morgan fingerprint density at radius 2 is 2.18 bits per heavy atom. The summed E-state index contributed by atoms with van der Waals surface area (Å²) in [5.41, 5.74) is 7.64. The monoisotopic (exact) mass is 230 g/mol. The number of anilines is 2. The topological polar surface area (TPSA) is 72.9 Å². The van der Waals surface area contributed by atoms with Crippen molar-refractivity contribution in [3.05, 3.63) is 41.6 Å². The number of hydrogen-bond acceptors (Lipinski definition) is 3. The van der Waals surface area contributed by atoms with Gasteiger partial charge in [0.25, 0.3) is 5.91 Å². The van der Waals surface area contributed by atoms with Crippen molar-refractivity contribution >= 4 is 17.4 Å². The number of aryl methyl sites for hydroxylation is 2. The first kappa shape index (κ1) is 11.2. The van der Waals surface area contributed by atoms with Gasteiger partial charge in [0.05, 0.1) is 11.8 Å². The molecule has 0 bridgehead atoms. The zero-order chi connectivity index (χ0) is 12.4. The van der Waals surface area contributed by atoms with E-state index in [4.69, 9.17) is 5.73 Å². The summed E-state index contributed by atoms with van der Waals surface area (Å²) in [6.07, 6.45) is 1.62. The number of nitrogens with one attached hydrogen (secondary N) is 1. The first-order chi connectivity index (χ1) is 8.09. The Labute approximate surface area is 99.2 Å². The summed E-state index contributed by atoms with van der Waals surface area (Å²) in [5, 5.41) is 6.75. The van der Waals surface area contributed by atoms with Gasteiger partial charge < -0.3 is 11.1 Å². The lowest BCUT2D eigenvalue weighted by Gasteiger charge is -2.09. The van der Waals surface area contributed by atoms with Gasteiger partial charge in [0, 0.05) is 18.8 Å². The van der Waals surface area contributed by atoms with Crippen molar-refractivity contribution < 1.29 is 4.79 Å². The maximum atomic E-state index is 12.1. The van der Waals surface area contributed by atoms with Gasteiger partial charge in [-0.3, -0.25) is 9.48 Å². The molecule has 0 saturated heterocycles. The minimum Gasteiger partial charge on any atom is -0.398 e. The first-order valence-corrected chi connectivity index (χ1v) is 5.24. The maximum Gasteiger partial charge on any atom is 0.259 e. The molecule has 0 spiro atoms. The molecule has 0 saturated carbocycles. The minimum absolute atomic E-state index is 0.218. The van der Waals surface area contributed by atoms with Crippen LogP contribution in [0, 0.1) is 6.92 Å². The van der Waals surface area contributed by atoms with Crippen LogP contribution in [0.3, 0.4) is 0 Å². The van der Waals surface area contributed by atoms with Crippen molar-refractivity contribution in [2.75, 3.05) is 11.1 Å². The molecule has 88 valence electrons. The third-order valence-corrected chi connectivity index (χ3v) is 2.59. The summed E-state index contributed by atoms with van der Waals surface area (Å²) in [5.74, 6) is 0.418. The van der Waals surface area contributed by atoms with E-state index in [1.807, 2.05) is 19.1 Å². The summed E-state index contributed by atoms with van der Waals surface area (Å²) in [6, 6.07) is 7.12. The molecule has 0 radical (unpaired) electrons. The molecular weight excluding hydrogens is 216 g/mol. The van der Waals surface area contributed by atoms with E-state index in [1.165, 1.54) is 0 Å². The molecule has 1 aromatic carbocycles. The molecule has 17 heavy (non-hydrogen) atoms. The number of rotatable bonds is 2. The van der Waals surface area contributed by atoms with Crippen molar-refractivity contribution in [3.63, 3.8) is 0 Å². The van der Waals surface area contributed by atoms with Crippen LogP contribution < -0.4 is 11.1 Å². The van der Waals surface area contributed by atoms with E-state index in [2.05, 4.69) is 10.4 Å². The Morgan fingerprint density at radius 1 is 1.41 bits per heavy atom. The average molecular weight is 230 g/mol. The highest BCUT2D eigenvalue weighted by atomic mass is 16.1. The van der Waals surface area contributed by atoms with Gasteiger partial charge in [0.15, 0.2) is 0 Å². The van der Waals surface area contributed by atoms with Crippen molar-refractivity contribution in [1.82, 2.24) is 9.78 Å². The van der Waals surface area contributed by atoms with Crippen LogP contribution in [0.25, 0.3) is 0 Å². The highest BCUT2D eigenvalue weighted by Gasteiger charge is 2.13. The molecule has 5 nitrogen and oxygen atoms in total. The van der Waals surface area contributed by atoms with Crippen molar-refractivity contribution in [2.24, 2.45) is 7.05 Å². The second kappa shape index (κ2) is 4.29.